The smallest absolute Gasteiger partial charge is 0.0706 e. The molecule has 0 saturated carbocycles. The first kappa shape index (κ1) is 12.8. The highest BCUT2D eigenvalue weighted by Gasteiger charge is 2.29. The monoisotopic (exact) mass is 289 g/mol. The molecule has 2 aliphatic heterocycles. The second-order valence-corrected chi connectivity index (χ2v) is 6.06. The highest BCUT2D eigenvalue weighted by molar-refractivity contribution is 9.09. The van der Waals surface area contributed by atoms with Crippen LogP contribution in [0.15, 0.2) is 0 Å². The number of halogens is 1. The number of ether oxygens (including phenoxy) is 1. The Kier molecular flexibility index (Phi) is 5.11. The first-order valence-corrected chi connectivity index (χ1v) is 7.87. The van der Waals surface area contributed by atoms with Crippen LogP contribution in [0.3, 0.4) is 0 Å². The highest BCUT2D eigenvalue weighted by atomic mass is 79.9. The van der Waals surface area contributed by atoms with Crippen LogP contribution in [0.1, 0.15) is 45.4 Å². The number of nitrogens with zero attached hydrogens (tertiary/aromatic N) is 1. The molecule has 3 unspecified atom stereocenters. The van der Waals surface area contributed by atoms with E-state index in [4.69, 9.17) is 4.74 Å². The number of alkyl halides is 1. The molecule has 0 aliphatic carbocycles. The summed E-state index contributed by atoms with van der Waals surface area (Å²) in [5, 5.41) is 1.15. The van der Waals surface area contributed by atoms with Gasteiger partial charge in [-0.25, -0.2) is 0 Å². The molecule has 3 atom stereocenters. The summed E-state index contributed by atoms with van der Waals surface area (Å²) < 4.78 is 5.93. The van der Waals surface area contributed by atoms with Gasteiger partial charge in [0.25, 0.3) is 0 Å². The van der Waals surface area contributed by atoms with Crippen LogP contribution in [0.2, 0.25) is 0 Å². The van der Waals surface area contributed by atoms with E-state index >= 15 is 0 Å². The summed E-state index contributed by atoms with van der Waals surface area (Å²) in [4.78, 5) is 2.67. The lowest BCUT2D eigenvalue weighted by atomic mass is 10.1. The Balaban J connectivity index is 1.74. The minimum absolute atomic E-state index is 0.494. The molecule has 0 aromatic heterocycles. The summed E-state index contributed by atoms with van der Waals surface area (Å²) in [6, 6.07) is 0.831. The number of likely N-dealkylation sites (tertiary alicyclic amines) is 1. The van der Waals surface area contributed by atoms with E-state index in [1.165, 1.54) is 51.6 Å². The Bertz CT molecular complexity index is 212. The maximum atomic E-state index is 5.93. The molecule has 0 aromatic carbocycles. The van der Waals surface area contributed by atoms with Gasteiger partial charge in [0.1, 0.15) is 0 Å². The van der Waals surface area contributed by atoms with Gasteiger partial charge >= 0.3 is 0 Å². The average Bonchev–Trinajstić information content (AvgIpc) is 2.86. The van der Waals surface area contributed by atoms with Crippen molar-refractivity contribution < 1.29 is 4.74 Å². The van der Waals surface area contributed by atoms with Gasteiger partial charge in [0.05, 0.1) is 12.2 Å². The van der Waals surface area contributed by atoms with Crippen molar-refractivity contribution in [2.24, 2.45) is 0 Å². The molecule has 0 bridgehead atoms. The summed E-state index contributed by atoms with van der Waals surface area (Å²) in [6.45, 7) is 4.67. The molecule has 16 heavy (non-hydrogen) atoms. The van der Waals surface area contributed by atoms with Gasteiger partial charge in [-0.15, -0.1) is 0 Å². The van der Waals surface area contributed by atoms with Crippen molar-refractivity contribution in [2.45, 2.75) is 63.7 Å². The van der Waals surface area contributed by atoms with Gasteiger partial charge in [-0.2, -0.15) is 0 Å². The molecular weight excluding hydrogens is 266 g/mol. The van der Waals surface area contributed by atoms with Gasteiger partial charge < -0.3 is 4.74 Å². The third kappa shape index (κ3) is 3.44. The summed E-state index contributed by atoms with van der Waals surface area (Å²) in [6.07, 6.45) is 8.97. The first-order chi connectivity index (χ1) is 7.79. The Morgan fingerprint density at radius 3 is 2.88 bits per heavy atom. The molecule has 2 fully saturated rings. The predicted molar refractivity (Wildman–Crippen MR) is 71.2 cm³/mol. The van der Waals surface area contributed by atoms with Crippen LogP contribution in [-0.4, -0.2) is 41.6 Å². The Labute approximate surface area is 108 Å². The fourth-order valence-electron chi connectivity index (χ4n) is 3.06. The van der Waals surface area contributed by atoms with Gasteiger partial charge in [0.15, 0.2) is 0 Å². The van der Waals surface area contributed by atoms with E-state index in [1.54, 1.807) is 0 Å². The molecule has 2 nitrogen and oxygen atoms in total. The van der Waals surface area contributed by atoms with Crippen molar-refractivity contribution in [3.8, 4) is 0 Å². The minimum atomic E-state index is 0.494. The zero-order valence-electron chi connectivity index (χ0n) is 10.3. The fourth-order valence-corrected chi connectivity index (χ4v) is 3.38. The molecular formula is C13H24BrNO. The molecule has 0 N–H and O–H groups in total. The SMILES string of the molecule is CC1CCC(CN2CCCC2CCCBr)O1. The van der Waals surface area contributed by atoms with Crippen molar-refractivity contribution in [3.05, 3.63) is 0 Å². The van der Waals surface area contributed by atoms with E-state index in [2.05, 4.69) is 27.8 Å². The van der Waals surface area contributed by atoms with E-state index in [9.17, 15) is 0 Å². The van der Waals surface area contributed by atoms with Gasteiger partial charge in [-0.3, -0.25) is 4.90 Å². The van der Waals surface area contributed by atoms with Crippen molar-refractivity contribution in [1.82, 2.24) is 4.90 Å². The molecule has 0 aromatic rings. The number of hydrogen-bond donors (Lipinski definition) is 0. The molecule has 3 heteroatoms. The normalized spacial score (nSPS) is 36.0. The van der Waals surface area contributed by atoms with Crippen molar-refractivity contribution in [1.29, 1.82) is 0 Å². The van der Waals surface area contributed by atoms with Crippen LogP contribution in [0.4, 0.5) is 0 Å². The molecule has 2 saturated heterocycles. The second kappa shape index (κ2) is 6.36. The molecule has 2 heterocycles. The van der Waals surface area contributed by atoms with E-state index in [0.717, 1.165) is 11.4 Å². The Hall–Kier alpha value is 0.400. The van der Waals surface area contributed by atoms with Crippen LogP contribution >= 0.6 is 15.9 Å². The first-order valence-electron chi connectivity index (χ1n) is 6.75. The maximum Gasteiger partial charge on any atom is 0.0706 e. The van der Waals surface area contributed by atoms with Crippen molar-refractivity contribution >= 4 is 15.9 Å². The lowest BCUT2D eigenvalue weighted by Crippen LogP contribution is -2.36. The van der Waals surface area contributed by atoms with Gasteiger partial charge in [0, 0.05) is 17.9 Å². The van der Waals surface area contributed by atoms with E-state index in [-0.39, 0.29) is 0 Å². The minimum Gasteiger partial charge on any atom is -0.374 e. The van der Waals surface area contributed by atoms with Crippen LogP contribution < -0.4 is 0 Å². The third-order valence-electron chi connectivity index (χ3n) is 3.93. The zero-order chi connectivity index (χ0) is 11.4. The van der Waals surface area contributed by atoms with Gasteiger partial charge in [-0.05, 0) is 52.0 Å². The van der Waals surface area contributed by atoms with E-state index < -0.39 is 0 Å². The van der Waals surface area contributed by atoms with Crippen LogP contribution in [0.5, 0.6) is 0 Å². The number of rotatable bonds is 5. The predicted octanol–water partition coefficient (Wildman–Crippen LogP) is 3.19. The highest BCUT2D eigenvalue weighted by Crippen LogP contribution is 2.26. The van der Waals surface area contributed by atoms with E-state index in [1.807, 2.05) is 0 Å². The quantitative estimate of drug-likeness (QED) is 0.721. The average molecular weight is 290 g/mol. The molecule has 2 rings (SSSR count). The van der Waals surface area contributed by atoms with Crippen LogP contribution in [0, 0.1) is 0 Å². The topological polar surface area (TPSA) is 12.5 Å². The maximum absolute atomic E-state index is 5.93. The largest absolute Gasteiger partial charge is 0.374 e. The standard InChI is InChI=1S/C13H24BrNO/c1-11-6-7-13(16-11)10-15-9-3-5-12(15)4-2-8-14/h11-13H,2-10H2,1H3. The Morgan fingerprint density at radius 1 is 1.31 bits per heavy atom. The fraction of sp³-hybridized carbons (Fsp3) is 1.00. The summed E-state index contributed by atoms with van der Waals surface area (Å²) in [5.74, 6) is 0. The third-order valence-corrected chi connectivity index (χ3v) is 4.49. The van der Waals surface area contributed by atoms with Gasteiger partial charge in [-0.1, -0.05) is 15.9 Å². The lowest BCUT2D eigenvalue weighted by molar-refractivity contribution is 0.0280. The second-order valence-electron chi connectivity index (χ2n) is 5.27. The van der Waals surface area contributed by atoms with Crippen LogP contribution in [-0.2, 0) is 4.74 Å². The molecule has 0 amide bonds. The van der Waals surface area contributed by atoms with Crippen molar-refractivity contribution in [3.63, 3.8) is 0 Å². The lowest BCUT2D eigenvalue weighted by Gasteiger charge is -2.27. The summed E-state index contributed by atoms with van der Waals surface area (Å²) >= 11 is 3.53. The zero-order valence-corrected chi connectivity index (χ0v) is 11.9. The Morgan fingerprint density at radius 2 is 2.19 bits per heavy atom. The van der Waals surface area contributed by atoms with Gasteiger partial charge in [0.2, 0.25) is 0 Å². The van der Waals surface area contributed by atoms with E-state index in [0.29, 0.717) is 12.2 Å². The van der Waals surface area contributed by atoms with Crippen LogP contribution in [0.25, 0.3) is 0 Å². The molecule has 2 aliphatic rings. The molecule has 0 radical (unpaired) electrons. The molecule has 94 valence electrons. The molecule has 0 spiro atoms. The summed E-state index contributed by atoms with van der Waals surface area (Å²) in [5.41, 5.74) is 0. The van der Waals surface area contributed by atoms with Crippen molar-refractivity contribution in [2.75, 3.05) is 18.4 Å². The number of hydrogen-bond acceptors (Lipinski definition) is 2. The summed E-state index contributed by atoms with van der Waals surface area (Å²) in [7, 11) is 0.